The smallest absolute Gasteiger partial charge is 0.271 e. The highest BCUT2D eigenvalue weighted by molar-refractivity contribution is 5.97. The lowest BCUT2D eigenvalue weighted by Crippen LogP contribution is -2.46. The molecule has 40 heavy (non-hydrogen) atoms. The molecule has 2 aromatic carbocycles. The van der Waals surface area contributed by atoms with E-state index in [2.05, 4.69) is 10.3 Å². The number of ether oxygens (including phenoxy) is 2. The van der Waals surface area contributed by atoms with Crippen LogP contribution < -0.4 is 14.8 Å². The summed E-state index contributed by atoms with van der Waals surface area (Å²) >= 11 is 0. The highest BCUT2D eigenvalue weighted by atomic mass is 16.7. The van der Waals surface area contributed by atoms with Gasteiger partial charge in [-0.05, 0) is 67.3 Å². The second-order valence-electron chi connectivity index (χ2n) is 10.5. The molecular formula is C32H33N3O5. The van der Waals surface area contributed by atoms with Crippen molar-refractivity contribution in [2.75, 3.05) is 6.79 Å². The summed E-state index contributed by atoms with van der Waals surface area (Å²) in [5.41, 5.74) is 2.99. The number of H-pyrrole nitrogens is 1. The molecule has 2 N–H and O–H groups in total. The second-order valence-corrected chi connectivity index (χ2v) is 10.5. The lowest BCUT2D eigenvalue weighted by atomic mass is 9.95. The van der Waals surface area contributed by atoms with Crippen molar-refractivity contribution in [1.29, 1.82) is 0 Å². The lowest BCUT2D eigenvalue weighted by molar-refractivity contribution is -0.127. The van der Waals surface area contributed by atoms with Crippen molar-refractivity contribution in [3.05, 3.63) is 95.6 Å². The number of nitrogens with zero attached hydrogens (tertiary/aromatic N) is 1. The molecule has 3 heterocycles. The number of benzene rings is 2. The van der Waals surface area contributed by atoms with E-state index in [9.17, 15) is 9.59 Å². The maximum Gasteiger partial charge on any atom is 0.271 e. The fourth-order valence-corrected chi connectivity index (χ4v) is 5.53. The first-order valence-corrected chi connectivity index (χ1v) is 13.9. The van der Waals surface area contributed by atoms with Gasteiger partial charge in [-0.2, -0.15) is 0 Å². The third kappa shape index (κ3) is 5.47. The number of hydrogen-bond donors (Lipinski definition) is 2. The van der Waals surface area contributed by atoms with Gasteiger partial charge in [0.1, 0.15) is 17.2 Å². The number of carbonyl (C=O) groups is 2. The highest BCUT2D eigenvalue weighted by Crippen LogP contribution is 2.35. The molecule has 8 nitrogen and oxygen atoms in total. The van der Waals surface area contributed by atoms with Gasteiger partial charge < -0.3 is 29.1 Å². The fraction of sp³-hybridized carbons (Fsp3) is 0.312. The third-order valence-electron chi connectivity index (χ3n) is 7.59. The number of nitrogens with one attached hydrogen (secondary N) is 2. The molecule has 6 rings (SSSR count). The number of amides is 2. The van der Waals surface area contributed by atoms with Crippen LogP contribution >= 0.6 is 0 Å². The largest absolute Gasteiger partial charge is 0.464 e. The van der Waals surface area contributed by atoms with Crippen molar-refractivity contribution in [1.82, 2.24) is 15.2 Å². The maximum atomic E-state index is 14.3. The first-order valence-electron chi connectivity index (χ1n) is 13.9. The molecule has 1 aliphatic heterocycles. The van der Waals surface area contributed by atoms with Gasteiger partial charge in [-0.15, -0.1) is 0 Å². The van der Waals surface area contributed by atoms with E-state index in [-0.39, 0.29) is 31.2 Å². The SMILES string of the molecule is Cc1ccc(C(C(=O)NC2CCCCC2)N(Cc2ccc3c(c2)OCO3)C(=O)c2ccc(-c3ccccc3)[nH]2)o1. The average Bonchev–Trinajstić information content (AvgIpc) is 3.75. The summed E-state index contributed by atoms with van der Waals surface area (Å²) in [6.45, 7) is 2.16. The standard InChI is InChI=1S/C32H33N3O5/c1-21-12-16-28(40-21)30(31(36)33-24-10-6-3-7-11-24)35(19-22-13-17-27-29(18-22)39-20-38-27)32(37)26-15-14-25(34-26)23-8-4-2-5-9-23/h2,4-5,8-9,12-18,24,30,34H,3,6-7,10-11,19-20H2,1H3,(H,33,36). The van der Waals surface area contributed by atoms with Crippen LogP contribution in [-0.2, 0) is 11.3 Å². The van der Waals surface area contributed by atoms with Crippen molar-refractivity contribution in [2.45, 2.75) is 57.7 Å². The zero-order chi connectivity index (χ0) is 27.5. The van der Waals surface area contributed by atoms with E-state index in [1.807, 2.05) is 67.6 Å². The number of aromatic nitrogens is 1. The minimum atomic E-state index is -0.961. The molecule has 1 saturated carbocycles. The van der Waals surface area contributed by atoms with Gasteiger partial charge in [0.25, 0.3) is 11.8 Å². The Morgan fingerprint density at radius 3 is 2.52 bits per heavy atom. The number of fused-ring (bicyclic) bond motifs is 1. The van der Waals surface area contributed by atoms with Gasteiger partial charge >= 0.3 is 0 Å². The Morgan fingerprint density at radius 1 is 0.950 bits per heavy atom. The molecule has 2 amide bonds. The predicted molar refractivity (Wildman–Crippen MR) is 150 cm³/mol. The Morgan fingerprint density at radius 2 is 1.75 bits per heavy atom. The van der Waals surface area contributed by atoms with Gasteiger partial charge in [0, 0.05) is 18.3 Å². The first-order chi connectivity index (χ1) is 19.5. The topological polar surface area (TPSA) is 96.8 Å². The predicted octanol–water partition coefficient (Wildman–Crippen LogP) is 6.14. The normalized spacial score (nSPS) is 15.5. The minimum absolute atomic E-state index is 0.0810. The molecule has 0 spiro atoms. The molecule has 1 atom stereocenters. The van der Waals surface area contributed by atoms with Crippen LogP contribution in [0.15, 0.2) is 77.2 Å². The first kappa shape index (κ1) is 25.8. The molecule has 206 valence electrons. The van der Waals surface area contributed by atoms with Crippen molar-refractivity contribution >= 4 is 11.8 Å². The van der Waals surface area contributed by atoms with Crippen molar-refractivity contribution < 1.29 is 23.5 Å². The van der Waals surface area contributed by atoms with Crippen molar-refractivity contribution in [2.24, 2.45) is 0 Å². The van der Waals surface area contributed by atoms with E-state index in [1.54, 1.807) is 17.0 Å². The second kappa shape index (κ2) is 11.3. The van der Waals surface area contributed by atoms with Crippen LogP contribution in [0.2, 0.25) is 0 Å². The fourth-order valence-electron chi connectivity index (χ4n) is 5.53. The molecule has 4 aromatic rings. The summed E-state index contributed by atoms with van der Waals surface area (Å²) in [6.07, 6.45) is 5.21. The van der Waals surface area contributed by atoms with E-state index in [0.29, 0.717) is 28.7 Å². The summed E-state index contributed by atoms with van der Waals surface area (Å²) in [4.78, 5) is 33.1. The molecule has 1 unspecified atom stereocenters. The number of carbonyl (C=O) groups excluding carboxylic acids is 2. The van der Waals surface area contributed by atoms with Crippen LogP contribution in [0.1, 0.15) is 65.7 Å². The third-order valence-corrected chi connectivity index (χ3v) is 7.59. The summed E-state index contributed by atoms with van der Waals surface area (Å²) in [6, 6.07) is 21.8. The van der Waals surface area contributed by atoms with Gasteiger partial charge in [0.05, 0.1) is 0 Å². The Kier molecular flexibility index (Phi) is 7.31. The molecule has 0 saturated heterocycles. The summed E-state index contributed by atoms with van der Waals surface area (Å²) < 4.78 is 17.1. The van der Waals surface area contributed by atoms with Gasteiger partial charge in [0.15, 0.2) is 17.5 Å². The van der Waals surface area contributed by atoms with Gasteiger partial charge in [-0.25, -0.2) is 0 Å². The molecule has 1 fully saturated rings. The summed E-state index contributed by atoms with van der Waals surface area (Å²) in [5.74, 6) is 1.82. The molecule has 2 aromatic heterocycles. The van der Waals surface area contributed by atoms with Gasteiger partial charge in [-0.1, -0.05) is 55.7 Å². The van der Waals surface area contributed by atoms with E-state index >= 15 is 0 Å². The Balaban J connectivity index is 1.37. The zero-order valence-electron chi connectivity index (χ0n) is 22.5. The van der Waals surface area contributed by atoms with Crippen LogP contribution in [-0.4, -0.2) is 34.5 Å². The summed E-state index contributed by atoms with van der Waals surface area (Å²) in [7, 11) is 0. The average molecular weight is 540 g/mol. The van der Waals surface area contributed by atoms with Crippen LogP contribution in [0.25, 0.3) is 11.3 Å². The molecule has 0 bridgehead atoms. The van der Waals surface area contributed by atoms with E-state index in [4.69, 9.17) is 13.9 Å². The quantitative estimate of drug-likeness (QED) is 0.280. The molecular weight excluding hydrogens is 506 g/mol. The monoisotopic (exact) mass is 539 g/mol. The van der Waals surface area contributed by atoms with Crippen LogP contribution in [0.3, 0.4) is 0 Å². The van der Waals surface area contributed by atoms with E-state index in [1.165, 1.54) is 6.42 Å². The zero-order valence-corrected chi connectivity index (χ0v) is 22.5. The Bertz CT molecular complexity index is 1490. The van der Waals surface area contributed by atoms with Gasteiger partial charge in [-0.3, -0.25) is 9.59 Å². The molecule has 2 aliphatic rings. The number of furan rings is 1. The number of aromatic amines is 1. The highest BCUT2D eigenvalue weighted by Gasteiger charge is 2.36. The van der Waals surface area contributed by atoms with Gasteiger partial charge in [0.2, 0.25) is 6.79 Å². The Labute approximate surface area is 233 Å². The number of hydrogen-bond acceptors (Lipinski definition) is 5. The van der Waals surface area contributed by atoms with E-state index in [0.717, 1.165) is 42.5 Å². The number of aryl methyl sites for hydroxylation is 1. The number of rotatable bonds is 8. The van der Waals surface area contributed by atoms with Crippen LogP contribution in [0.5, 0.6) is 11.5 Å². The Hall–Kier alpha value is -4.46. The summed E-state index contributed by atoms with van der Waals surface area (Å²) in [5, 5.41) is 3.22. The minimum Gasteiger partial charge on any atom is -0.464 e. The van der Waals surface area contributed by atoms with Crippen molar-refractivity contribution in [3.8, 4) is 22.8 Å². The maximum absolute atomic E-state index is 14.3. The van der Waals surface area contributed by atoms with Crippen LogP contribution in [0, 0.1) is 6.92 Å². The molecule has 1 aliphatic carbocycles. The van der Waals surface area contributed by atoms with Crippen LogP contribution in [0.4, 0.5) is 0 Å². The lowest BCUT2D eigenvalue weighted by Gasteiger charge is -2.32. The van der Waals surface area contributed by atoms with E-state index < -0.39 is 6.04 Å². The van der Waals surface area contributed by atoms with Crippen molar-refractivity contribution in [3.63, 3.8) is 0 Å². The molecule has 8 heteroatoms. The molecule has 0 radical (unpaired) electrons.